The number of ether oxygens (including phenoxy) is 2. The molecule has 2 aromatic carbocycles. The summed E-state index contributed by atoms with van der Waals surface area (Å²) in [4.78, 5) is 12.7. The quantitative estimate of drug-likeness (QED) is 0.715. The van der Waals surface area contributed by atoms with Crippen LogP contribution in [0, 0.1) is 5.92 Å². The average molecular weight is 458 g/mol. The Morgan fingerprint density at radius 3 is 2.26 bits per heavy atom. The van der Waals surface area contributed by atoms with Gasteiger partial charge >= 0.3 is 6.36 Å². The summed E-state index contributed by atoms with van der Waals surface area (Å²) in [6.07, 6.45) is -3.80. The van der Waals surface area contributed by atoms with Crippen LogP contribution >= 0.6 is 0 Å². The number of hydrogen-bond donors (Lipinski definition) is 1. The Bertz CT molecular complexity index is 1010. The maximum absolute atomic E-state index is 12.9. The second-order valence-corrected chi connectivity index (χ2v) is 8.88. The lowest BCUT2D eigenvalue weighted by molar-refractivity contribution is -0.274. The van der Waals surface area contributed by atoms with E-state index in [1.165, 1.54) is 35.7 Å². The van der Waals surface area contributed by atoms with E-state index < -0.39 is 34.0 Å². The summed E-state index contributed by atoms with van der Waals surface area (Å²) in [6.45, 7) is 0.303. The molecule has 31 heavy (non-hydrogen) atoms. The first-order valence-electron chi connectivity index (χ1n) is 9.39. The summed E-state index contributed by atoms with van der Waals surface area (Å²) >= 11 is 0. The van der Waals surface area contributed by atoms with E-state index in [-0.39, 0.29) is 17.1 Å². The van der Waals surface area contributed by atoms with Crippen LogP contribution in [0.3, 0.4) is 0 Å². The fraction of sp³-hybridized carbons (Fsp3) is 0.350. The van der Waals surface area contributed by atoms with Crippen molar-refractivity contribution < 1.29 is 35.9 Å². The van der Waals surface area contributed by atoms with Gasteiger partial charge in [-0.2, -0.15) is 4.31 Å². The maximum Gasteiger partial charge on any atom is 0.573 e. The third kappa shape index (κ3) is 5.88. The van der Waals surface area contributed by atoms with Crippen molar-refractivity contribution in [1.29, 1.82) is 0 Å². The van der Waals surface area contributed by atoms with Crippen LogP contribution in [0.15, 0.2) is 53.4 Å². The normalized spacial score (nSPS) is 17.7. The van der Waals surface area contributed by atoms with Crippen molar-refractivity contribution >= 4 is 21.6 Å². The number of methoxy groups -OCH3 is 1. The van der Waals surface area contributed by atoms with Crippen molar-refractivity contribution in [2.45, 2.75) is 24.1 Å². The van der Waals surface area contributed by atoms with Crippen LogP contribution in [0.25, 0.3) is 0 Å². The number of benzene rings is 2. The highest BCUT2D eigenvalue weighted by Gasteiger charge is 2.34. The van der Waals surface area contributed by atoms with E-state index in [9.17, 15) is 26.4 Å². The van der Waals surface area contributed by atoms with E-state index in [0.29, 0.717) is 25.1 Å². The number of piperidine rings is 1. The van der Waals surface area contributed by atoms with Crippen LogP contribution < -0.4 is 14.8 Å². The molecule has 1 fully saturated rings. The maximum atomic E-state index is 12.9. The van der Waals surface area contributed by atoms with Crippen molar-refractivity contribution in [2.24, 2.45) is 5.92 Å². The van der Waals surface area contributed by atoms with Crippen LogP contribution in [-0.4, -0.2) is 45.2 Å². The summed E-state index contributed by atoms with van der Waals surface area (Å²) in [6, 6.07) is 10.7. The minimum absolute atomic E-state index is 0.00939. The van der Waals surface area contributed by atoms with Crippen molar-refractivity contribution in [2.75, 3.05) is 25.5 Å². The monoisotopic (exact) mass is 458 g/mol. The lowest BCUT2D eigenvalue weighted by Gasteiger charge is -2.31. The molecule has 1 atom stereocenters. The van der Waals surface area contributed by atoms with Gasteiger partial charge < -0.3 is 14.8 Å². The smallest absolute Gasteiger partial charge is 0.497 e. The minimum Gasteiger partial charge on any atom is -0.497 e. The summed E-state index contributed by atoms with van der Waals surface area (Å²) in [5.41, 5.74) is 0.287. The summed E-state index contributed by atoms with van der Waals surface area (Å²) in [7, 11) is -2.29. The fourth-order valence-corrected chi connectivity index (χ4v) is 4.78. The van der Waals surface area contributed by atoms with E-state index in [1.807, 2.05) is 0 Å². The number of hydrogen-bond acceptors (Lipinski definition) is 5. The molecule has 11 heteroatoms. The molecule has 1 aliphatic rings. The largest absolute Gasteiger partial charge is 0.573 e. The Morgan fingerprint density at radius 1 is 1.06 bits per heavy atom. The van der Waals surface area contributed by atoms with Gasteiger partial charge in [0.25, 0.3) is 0 Å². The van der Waals surface area contributed by atoms with E-state index in [1.54, 1.807) is 12.1 Å². The third-order valence-electron chi connectivity index (χ3n) is 4.81. The van der Waals surface area contributed by atoms with Gasteiger partial charge in [0.2, 0.25) is 15.9 Å². The third-order valence-corrected chi connectivity index (χ3v) is 6.69. The molecule has 0 bridgehead atoms. The van der Waals surface area contributed by atoms with E-state index in [0.717, 1.165) is 12.1 Å². The Hall–Kier alpha value is -2.79. The lowest BCUT2D eigenvalue weighted by atomic mass is 9.99. The SMILES string of the molecule is COc1ccc(S(=O)(=O)N2CCCC(C(=O)Nc3ccc(OC(F)(F)F)cc3)C2)cc1. The number of sulfonamides is 1. The molecule has 1 N–H and O–H groups in total. The molecule has 1 unspecified atom stereocenters. The Balaban J connectivity index is 1.65. The molecule has 0 aromatic heterocycles. The molecule has 1 amide bonds. The molecule has 1 heterocycles. The van der Waals surface area contributed by atoms with Crippen molar-refractivity contribution in [3.05, 3.63) is 48.5 Å². The average Bonchev–Trinajstić information content (AvgIpc) is 2.74. The van der Waals surface area contributed by atoms with Gasteiger partial charge in [0.05, 0.1) is 17.9 Å². The van der Waals surface area contributed by atoms with Gasteiger partial charge in [-0.15, -0.1) is 13.2 Å². The minimum atomic E-state index is -4.80. The number of anilines is 1. The van der Waals surface area contributed by atoms with E-state index in [2.05, 4.69) is 10.1 Å². The molecule has 0 saturated carbocycles. The molecule has 1 aliphatic heterocycles. The van der Waals surface area contributed by atoms with Gasteiger partial charge in [-0.1, -0.05) is 0 Å². The molecule has 0 aliphatic carbocycles. The van der Waals surface area contributed by atoms with Gasteiger partial charge in [0.1, 0.15) is 11.5 Å². The molecular weight excluding hydrogens is 437 g/mol. The van der Waals surface area contributed by atoms with Gasteiger partial charge in [0, 0.05) is 18.8 Å². The second-order valence-electron chi connectivity index (χ2n) is 6.94. The molecule has 0 spiro atoms. The zero-order valence-corrected chi connectivity index (χ0v) is 17.4. The highest BCUT2D eigenvalue weighted by Crippen LogP contribution is 2.27. The van der Waals surface area contributed by atoms with Crippen LogP contribution in [0.1, 0.15) is 12.8 Å². The molecule has 7 nitrogen and oxygen atoms in total. The van der Waals surface area contributed by atoms with Gasteiger partial charge in [-0.3, -0.25) is 4.79 Å². The molecule has 0 radical (unpaired) electrons. The number of alkyl halides is 3. The first-order chi connectivity index (χ1) is 14.6. The summed E-state index contributed by atoms with van der Waals surface area (Å²) in [5.74, 6) is -0.867. The Kier molecular flexibility index (Phi) is 6.75. The first-order valence-corrected chi connectivity index (χ1v) is 10.8. The number of amides is 1. The van der Waals surface area contributed by atoms with Crippen LogP contribution in [0.4, 0.5) is 18.9 Å². The van der Waals surface area contributed by atoms with Crippen LogP contribution in [0.5, 0.6) is 11.5 Å². The van der Waals surface area contributed by atoms with E-state index >= 15 is 0 Å². The Morgan fingerprint density at radius 2 is 1.68 bits per heavy atom. The lowest BCUT2D eigenvalue weighted by Crippen LogP contribution is -2.43. The highest BCUT2D eigenvalue weighted by molar-refractivity contribution is 7.89. The van der Waals surface area contributed by atoms with Gasteiger partial charge in [-0.05, 0) is 61.4 Å². The highest BCUT2D eigenvalue weighted by atomic mass is 32.2. The van der Waals surface area contributed by atoms with Crippen molar-refractivity contribution in [1.82, 2.24) is 4.31 Å². The van der Waals surface area contributed by atoms with Gasteiger partial charge in [-0.25, -0.2) is 8.42 Å². The van der Waals surface area contributed by atoms with E-state index in [4.69, 9.17) is 4.74 Å². The Labute approximate surface area is 177 Å². The predicted molar refractivity (Wildman–Crippen MR) is 106 cm³/mol. The van der Waals surface area contributed by atoms with Crippen molar-refractivity contribution in [3.63, 3.8) is 0 Å². The van der Waals surface area contributed by atoms with Crippen LogP contribution in [-0.2, 0) is 14.8 Å². The standard InChI is InChI=1S/C20H21F3N2O5S/c1-29-16-8-10-18(11-9-16)31(27,28)25-12-2-3-14(13-25)19(26)24-15-4-6-17(7-5-15)30-20(21,22)23/h4-11,14H,2-3,12-13H2,1H3,(H,24,26). The topological polar surface area (TPSA) is 84.9 Å². The zero-order valence-electron chi connectivity index (χ0n) is 16.6. The first kappa shape index (κ1) is 22.9. The number of carbonyl (C=O) groups is 1. The molecule has 2 aromatic rings. The number of halogens is 3. The number of nitrogens with zero attached hydrogens (tertiary/aromatic N) is 1. The predicted octanol–water partition coefficient (Wildman–Crippen LogP) is 3.63. The molecule has 1 saturated heterocycles. The molecular formula is C20H21F3N2O5S. The van der Waals surface area contributed by atoms with Crippen molar-refractivity contribution in [3.8, 4) is 11.5 Å². The fourth-order valence-electron chi connectivity index (χ4n) is 3.26. The zero-order chi connectivity index (χ0) is 22.6. The van der Waals surface area contributed by atoms with Gasteiger partial charge in [0.15, 0.2) is 0 Å². The second kappa shape index (κ2) is 9.15. The number of nitrogens with one attached hydrogen (secondary N) is 1. The molecule has 3 rings (SSSR count). The molecule has 168 valence electrons. The van der Waals surface area contributed by atoms with Crippen LogP contribution in [0.2, 0.25) is 0 Å². The summed E-state index contributed by atoms with van der Waals surface area (Å²) < 4.78 is 72.6. The summed E-state index contributed by atoms with van der Waals surface area (Å²) in [5, 5.41) is 2.61. The number of carbonyl (C=O) groups excluding carboxylic acids is 1. The number of rotatable bonds is 6.